The zero-order valence-corrected chi connectivity index (χ0v) is 46.2. The lowest BCUT2D eigenvalue weighted by molar-refractivity contribution is -0.165. The molecule has 34 rings (SSSR count). The summed E-state index contributed by atoms with van der Waals surface area (Å²) in [6.45, 7) is 4.75. The molecule has 0 heterocycles. The van der Waals surface area contributed by atoms with Crippen molar-refractivity contribution in [2.75, 3.05) is 13.7 Å². The Morgan fingerprint density at radius 1 is 0.352 bits per heavy atom. The summed E-state index contributed by atoms with van der Waals surface area (Å²) in [5.74, 6) is -1.68. The molecule has 1 amide bonds. The number of ether oxygens (including phenoxy) is 4. The Bertz CT molecular complexity index is 7630. The number of methoxy groups -OCH3 is 1. The van der Waals surface area contributed by atoms with Gasteiger partial charge >= 0.3 is 24.0 Å². The number of alkyl carbamates (subject to hydrolysis) is 1. The maximum Gasteiger partial charge on any atom is 0.408 e. The van der Waals surface area contributed by atoms with Crippen LogP contribution in [0.1, 0.15) is 54.2 Å². The van der Waals surface area contributed by atoms with E-state index in [-0.39, 0.29) is 19.8 Å². The average Bonchev–Trinajstić information content (AvgIpc) is 1.36. The van der Waals surface area contributed by atoms with Crippen molar-refractivity contribution in [1.82, 2.24) is 5.32 Å². The van der Waals surface area contributed by atoms with Gasteiger partial charge in [-0.3, -0.25) is 14.4 Å². The van der Waals surface area contributed by atoms with Crippen LogP contribution in [0.4, 0.5) is 4.79 Å². The van der Waals surface area contributed by atoms with Crippen LogP contribution in [0.2, 0.25) is 0 Å². The van der Waals surface area contributed by atoms with Crippen LogP contribution in [0.25, 0.3) is 291 Å². The van der Waals surface area contributed by atoms with Gasteiger partial charge in [-0.1, -0.05) is 18.2 Å². The number of amides is 1. The number of benzene rings is 19. The van der Waals surface area contributed by atoms with E-state index in [0.29, 0.717) is 11.1 Å². The average molecular weight is 1110 g/mol. The Hall–Kier alpha value is -10.6. The number of hydrogen-bond acceptors (Lipinski definition) is 8. The molecular weight excluding hydrogens is 1090 g/mol. The Morgan fingerprint density at radius 2 is 0.591 bits per heavy atom. The van der Waals surface area contributed by atoms with Gasteiger partial charge in [-0.25, -0.2) is 4.79 Å². The highest BCUT2D eigenvalue weighted by atomic mass is 16.6. The van der Waals surface area contributed by atoms with E-state index >= 15 is 9.59 Å². The maximum absolute atomic E-state index is 17.5. The van der Waals surface area contributed by atoms with Gasteiger partial charge in [0.15, 0.2) is 5.41 Å². The van der Waals surface area contributed by atoms with Gasteiger partial charge in [-0.2, -0.15) is 0 Å². The lowest BCUT2D eigenvalue weighted by atomic mass is 9.68. The minimum Gasteiger partial charge on any atom is -0.468 e. The molecule has 0 saturated heterocycles. The maximum atomic E-state index is 17.5. The van der Waals surface area contributed by atoms with Crippen LogP contribution in [0.5, 0.6) is 0 Å². The van der Waals surface area contributed by atoms with E-state index in [1.54, 1.807) is 20.8 Å². The van der Waals surface area contributed by atoms with Crippen molar-refractivity contribution < 1.29 is 38.1 Å². The molecule has 88 heavy (non-hydrogen) atoms. The first kappa shape index (κ1) is 37.7. The van der Waals surface area contributed by atoms with Gasteiger partial charge in [0.05, 0.1) is 17.9 Å². The summed E-state index contributed by atoms with van der Waals surface area (Å²) in [5, 5.41) is 79.6. The largest absolute Gasteiger partial charge is 0.468 e. The van der Waals surface area contributed by atoms with E-state index in [4.69, 9.17) is 18.9 Å². The van der Waals surface area contributed by atoms with Crippen molar-refractivity contribution in [3.63, 3.8) is 0 Å². The van der Waals surface area contributed by atoms with Crippen LogP contribution < -0.4 is 5.32 Å². The monoisotopic (exact) mass is 1110 g/mol. The van der Waals surface area contributed by atoms with Gasteiger partial charge in [-0.05, 0) is 351 Å². The van der Waals surface area contributed by atoms with E-state index in [1.165, 1.54) is 320 Å². The van der Waals surface area contributed by atoms with Gasteiger partial charge in [0.2, 0.25) is 0 Å². The van der Waals surface area contributed by atoms with Crippen LogP contribution in [-0.2, 0) is 57.4 Å². The topological polar surface area (TPSA) is 117 Å². The fraction of sp³-hybridized carbons (Fsp3) is 0.139. The van der Waals surface area contributed by atoms with Crippen molar-refractivity contribution in [2.24, 2.45) is 5.41 Å². The van der Waals surface area contributed by atoms with Crippen LogP contribution in [0, 0.1) is 5.41 Å². The molecule has 5 aliphatic carbocycles. The smallest absolute Gasteiger partial charge is 0.408 e. The van der Waals surface area contributed by atoms with Crippen molar-refractivity contribution in [3.05, 3.63) is 57.6 Å². The van der Waals surface area contributed by atoms with Crippen molar-refractivity contribution in [1.29, 1.82) is 0 Å². The molecule has 1 N–H and O–H groups in total. The molecule has 1 fully saturated rings. The SMILES string of the molecule is COC(=O)C1(C(=O)OCc2cccc(COC(=O)CNC(=O)OC(C)(C)C)c2)C23c4c5c6c7c8c9c(c%10c%11c2c2c4c4c%12c5c5c6c6c8c8c%13c9c9c%10c%10c%11c%11c2c2c4c4c%12c%12c5c5c6c8c6c8c%13c9c9c%10c%10c%11c2c2c4c4c%12c5c6c5c8c9c%10c2c45)C713. The third-order valence-corrected chi connectivity index (χ3v) is 27.7. The zero-order valence-electron chi connectivity index (χ0n) is 46.2. The number of carbonyl (C=O) groups excluding carboxylic acids is 4. The molecule has 0 bridgehead atoms. The lowest BCUT2D eigenvalue weighted by Crippen LogP contribution is -2.38. The van der Waals surface area contributed by atoms with E-state index in [2.05, 4.69) is 5.32 Å². The van der Waals surface area contributed by atoms with Gasteiger partial charge in [0.1, 0.15) is 25.4 Å². The van der Waals surface area contributed by atoms with Gasteiger partial charge in [0.25, 0.3) is 0 Å². The Labute approximate surface area is 482 Å². The molecule has 392 valence electrons. The number of nitrogens with one attached hydrogen (secondary N) is 1. The first-order chi connectivity index (χ1) is 43.1. The molecule has 0 radical (unpaired) electrons. The third-order valence-electron chi connectivity index (χ3n) is 27.7. The van der Waals surface area contributed by atoms with Crippen molar-refractivity contribution >= 4 is 315 Å². The fourth-order valence-corrected chi connectivity index (χ4v) is 27.2. The van der Waals surface area contributed by atoms with Crippen molar-refractivity contribution in [3.8, 4) is 0 Å². The zero-order chi connectivity index (χ0) is 55.4. The minimum absolute atomic E-state index is 0.0626. The van der Waals surface area contributed by atoms with E-state index in [1.807, 2.05) is 24.3 Å². The molecule has 5 aliphatic rings. The summed E-state index contributed by atoms with van der Waals surface area (Å²) in [4.78, 5) is 59.8. The van der Waals surface area contributed by atoms with Crippen molar-refractivity contribution in [2.45, 2.75) is 50.4 Å². The minimum atomic E-state index is -1.87. The number of esters is 3. The van der Waals surface area contributed by atoms with Crippen LogP contribution in [0.15, 0.2) is 24.3 Å². The summed E-state index contributed by atoms with van der Waals surface area (Å²) < 4.78 is 24.6. The van der Waals surface area contributed by atoms with Crippen LogP contribution in [0.3, 0.4) is 0 Å². The highest BCUT2D eigenvalue weighted by Gasteiger charge is 3.01. The summed E-state index contributed by atoms with van der Waals surface area (Å²) in [7, 11) is 1.51. The Kier molecular flexibility index (Phi) is 3.93. The van der Waals surface area contributed by atoms with Gasteiger partial charge in [0, 0.05) is 0 Å². The molecule has 9 nitrogen and oxygen atoms in total. The first-order valence-corrected chi connectivity index (χ1v) is 31.3. The highest BCUT2D eigenvalue weighted by Crippen LogP contribution is 2.96. The molecule has 2 spiro atoms. The number of hydrogen-bond donors (Lipinski definition) is 1. The van der Waals surface area contributed by atoms with E-state index in [0.717, 1.165) is 0 Å². The molecule has 0 unspecified atom stereocenters. The molecule has 1 saturated carbocycles. The molecule has 9 heteroatoms. The van der Waals surface area contributed by atoms with Gasteiger partial charge < -0.3 is 24.3 Å². The standard InChI is InChI=1S/C79H23NO8/c1-76(2,3)88-75(84)80-9-14(81)86-10-12-6-5-7-13(8-12)11-87-74(83)79(73(82)85-4)77-69-61-53-43-33-25-17-15-16-19-23-21(17)29-37-31(23)41-35-27(19)28-20(16)24-22-18(15)26(25)34-40-30(22)38-32(24)42-36(28)46-45(35)55-49(41)59-51(37)57(47(53)39(29)33)65(69)67(59)71-63(55)64-56(46)50(42)60-52(38)58-48(40)54(44(34)43)62(61)70(77)66(58)68(60)72(64)78(71,77)79/h5-8H,9-11H2,1-4H3,(H,80,84). The highest BCUT2D eigenvalue weighted by molar-refractivity contribution is 6.82. The molecule has 29 aromatic carbocycles. The van der Waals surface area contributed by atoms with Crippen LogP contribution in [-0.4, -0.2) is 43.3 Å². The molecular formula is C79H23NO8. The summed E-state index contributed by atoms with van der Waals surface area (Å²) in [6.07, 6.45) is -0.702. The van der Waals surface area contributed by atoms with Crippen LogP contribution >= 0.6 is 0 Å². The second kappa shape index (κ2) is 9.18. The molecule has 0 atom stereocenters. The summed E-state index contributed by atoms with van der Waals surface area (Å²) in [5.41, 5.74) is 1.15. The number of rotatable bonds is 8. The Balaban J connectivity index is 0.801. The van der Waals surface area contributed by atoms with Gasteiger partial charge in [-0.15, -0.1) is 0 Å². The van der Waals surface area contributed by atoms with E-state index in [9.17, 15) is 9.59 Å². The second-order valence-corrected chi connectivity index (χ2v) is 30.4. The predicted molar refractivity (Wildman–Crippen MR) is 349 cm³/mol. The summed E-state index contributed by atoms with van der Waals surface area (Å²) >= 11 is 0. The fourth-order valence-electron chi connectivity index (χ4n) is 27.2. The summed E-state index contributed by atoms with van der Waals surface area (Å²) in [6, 6.07) is 7.57. The first-order valence-electron chi connectivity index (χ1n) is 31.3. The molecule has 0 aromatic heterocycles. The number of carbonyl (C=O) groups is 4. The quantitative estimate of drug-likeness (QED) is 0.0692. The predicted octanol–water partition coefficient (Wildman–Crippen LogP) is 17.8. The molecule has 0 aliphatic heterocycles. The third kappa shape index (κ3) is 2.34. The lowest BCUT2D eigenvalue weighted by Gasteiger charge is -2.32. The molecule has 29 aromatic rings. The van der Waals surface area contributed by atoms with E-state index < -0.39 is 45.8 Å². The Morgan fingerprint density at radius 3 is 0.830 bits per heavy atom. The second-order valence-electron chi connectivity index (χ2n) is 30.4. The normalized spacial score (nSPS) is 21.6.